The topological polar surface area (TPSA) is 8.81 Å². The number of nitrogens with zero attached hydrogens (tertiary/aromatic N) is 2. The molecule has 1 aromatic heterocycles. The monoisotopic (exact) mass is 447 g/mol. The van der Waals surface area contributed by atoms with E-state index < -0.39 is 0 Å². The average Bonchev–Trinajstić information content (AvgIpc) is 3.19. The van der Waals surface area contributed by atoms with Crippen molar-refractivity contribution in [2.24, 2.45) is 0 Å². The van der Waals surface area contributed by atoms with E-state index in [0.29, 0.717) is 0 Å². The summed E-state index contributed by atoms with van der Waals surface area (Å²) in [5.41, 5.74) is 0. The lowest BCUT2D eigenvalue weighted by molar-refractivity contribution is -0.704. The maximum atomic E-state index is 2.56. The number of rotatable bonds is 24. The molecule has 1 heterocycles. The maximum Gasteiger partial charge on any atom is 0.256 e. The Hall–Kier alpha value is -0.790. The van der Waals surface area contributed by atoms with Gasteiger partial charge in [-0.25, -0.2) is 9.13 Å². The predicted molar refractivity (Wildman–Crippen MR) is 142 cm³/mol. The van der Waals surface area contributed by atoms with Gasteiger partial charge in [-0.15, -0.1) is 0 Å². The van der Waals surface area contributed by atoms with Gasteiger partial charge in [0.1, 0.15) is 12.4 Å². The molecular weight excluding hydrogens is 388 g/mol. The molecule has 1 aromatic rings. The van der Waals surface area contributed by atoms with Crippen molar-refractivity contribution < 1.29 is 4.57 Å². The Morgan fingerprint density at radius 2 is 0.969 bits per heavy atom. The summed E-state index contributed by atoms with van der Waals surface area (Å²) in [5.74, 6) is 1.59. The van der Waals surface area contributed by atoms with Crippen molar-refractivity contribution in [2.75, 3.05) is 0 Å². The van der Waals surface area contributed by atoms with Crippen molar-refractivity contribution in [3.8, 4) is 0 Å². The summed E-state index contributed by atoms with van der Waals surface area (Å²) in [6.07, 6.45) is 35.6. The van der Waals surface area contributed by atoms with Gasteiger partial charge in [-0.2, -0.15) is 0 Å². The molecule has 0 bridgehead atoms. The van der Waals surface area contributed by atoms with Crippen LogP contribution < -0.4 is 4.57 Å². The number of hydrogen-bond donors (Lipinski definition) is 0. The van der Waals surface area contributed by atoms with E-state index in [-0.39, 0.29) is 0 Å². The second kappa shape index (κ2) is 22.0. The summed E-state index contributed by atoms with van der Waals surface area (Å²) < 4.78 is 5.11. The molecule has 0 unspecified atom stereocenters. The highest BCUT2D eigenvalue weighted by Crippen LogP contribution is 2.14. The molecule has 0 aliphatic heterocycles. The second-order valence-corrected chi connectivity index (χ2v) is 10.2. The Morgan fingerprint density at radius 3 is 1.47 bits per heavy atom. The van der Waals surface area contributed by atoms with Crippen molar-refractivity contribution in [1.82, 2.24) is 4.57 Å². The maximum absolute atomic E-state index is 2.56. The van der Waals surface area contributed by atoms with E-state index in [1.165, 1.54) is 154 Å². The van der Waals surface area contributed by atoms with Crippen LogP contribution in [-0.2, 0) is 19.5 Å². The molecule has 32 heavy (non-hydrogen) atoms. The Morgan fingerprint density at radius 1 is 0.531 bits per heavy atom. The summed E-state index contributed by atoms with van der Waals surface area (Å²) in [7, 11) is 0. The van der Waals surface area contributed by atoms with Gasteiger partial charge >= 0.3 is 0 Å². The standard InChI is InChI=1S/C30H59N2/c1-4-7-10-12-13-14-15-16-17-18-19-20-21-22-23-25-30-31(26-9-6-3)28-29-32(30)27-24-11-8-5-2/h28-29H,4-27H2,1-3H3/q+1. The fourth-order valence-corrected chi connectivity index (χ4v) is 4.88. The highest BCUT2D eigenvalue weighted by Gasteiger charge is 2.16. The van der Waals surface area contributed by atoms with Crippen LogP contribution in [-0.4, -0.2) is 4.57 Å². The molecule has 188 valence electrons. The molecular formula is C30H59N2+. The van der Waals surface area contributed by atoms with Gasteiger partial charge < -0.3 is 0 Å². The summed E-state index contributed by atoms with van der Waals surface area (Å²) in [6, 6.07) is 0. The van der Waals surface area contributed by atoms with E-state index in [0.717, 1.165) is 0 Å². The average molecular weight is 448 g/mol. The third-order valence-corrected chi connectivity index (χ3v) is 7.10. The zero-order chi connectivity index (χ0) is 23.1. The molecule has 0 saturated carbocycles. The Labute approximate surface area is 202 Å². The molecule has 0 aliphatic carbocycles. The Bertz CT molecular complexity index is 505. The summed E-state index contributed by atoms with van der Waals surface area (Å²) in [5, 5.41) is 0. The summed E-state index contributed by atoms with van der Waals surface area (Å²) >= 11 is 0. The first kappa shape index (κ1) is 29.2. The van der Waals surface area contributed by atoms with Gasteiger partial charge in [0.25, 0.3) is 5.82 Å². The lowest BCUT2D eigenvalue weighted by Gasteiger charge is -2.06. The van der Waals surface area contributed by atoms with Gasteiger partial charge in [-0.3, -0.25) is 0 Å². The van der Waals surface area contributed by atoms with E-state index >= 15 is 0 Å². The van der Waals surface area contributed by atoms with Gasteiger partial charge in [-0.05, 0) is 25.7 Å². The van der Waals surface area contributed by atoms with Crippen molar-refractivity contribution in [1.29, 1.82) is 0 Å². The molecule has 0 atom stereocenters. The van der Waals surface area contributed by atoms with E-state index in [9.17, 15) is 0 Å². The van der Waals surface area contributed by atoms with E-state index in [4.69, 9.17) is 0 Å². The number of imidazole rings is 1. The van der Waals surface area contributed by atoms with Gasteiger partial charge in [0, 0.05) is 6.42 Å². The van der Waals surface area contributed by atoms with Crippen LogP contribution in [0.4, 0.5) is 0 Å². The zero-order valence-electron chi connectivity index (χ0n) is 22.5. The van der Waals surface area contributed by atoms with Crippen LogP contribution in [0.1, 0.15) is 161 Å². The summed E-state index contributed by atoms with van der Waals surface area (Å²) in [6.45, 7) is 9.32. The van der Waals surface area contributed by atoms with Gasteiger partial charge in [-0.1, -0.05) is 130 Å². The van der Waals surface area contributed by atoms with Crippen LogP contribution in [0, 0.1) is 0 Å². The Kier molecular flexibility index (Phi) is 20.1. The lowest BCUT2D eigenvalue weighted by Crippen LogP contribution is -2.37. The first-order chi connectivity index (χ1) is 15.8. The minimum atomic E-state index is 1.20. The van der Waals surface area contributed by atoms with E-state index in [1.54, 1.807) is 5.82 Å². The van der Waals surface area contributed by atoms with Crippen LogP contribution in [0.5, 0.6) is 0 Å². The van der Waals surface area contributed by atoms with Gasteiger partial charge in [0.05, 0.1) is 13.1 Å². The molecule has 0 N–H and O–H groups in total. The van der Waals surface area contributed by atoms with Crippen molar-refractivity contribution in [3.05, 3.63) is 18.2 Å². The molecule has 0 fully saturated rings. The molecule has 1 rings (SSSR count). The number of hydrogen-bond acceptors (Lipinski definition) is 0. The minimum Gasteiger partial charge on any atom is -0.234 e. The van der Waals surface area contributed by atoms with E-state index in [2.05, 4.69) is 42.3 Å². The van der Waals surface area contributed by atoms with Crippen LogP contribution in [0.25, 0.3) is 0 Å². The van der Waals surface area contributed by atoms with Crippen molar-refractivity contribution in [2.45, 2.75) is 175 Å². The molecule has 0 amide bonds. The predicted octanol–water partition coefficient (Wildman–Crippen LogP) is 9.57. The first-order valence-electron chi connectivity index (χ1n) is 14.9. The Balaban J connectivity index is 2.09. The molecule has 2 nitrogen and oxygen atoms in total. The molecule has 2 heteroatoms. The first-order valence-corrected chi connectivity index (χ1v) is 14.9. The van der Waals surface area contributed by atoms with Crippen LogP contribution in [0.3, 0.4) is 0 Å². The largest absolute Gasteiger partial charge is 0.256 e. The highest BCUT2D eigenvalue weighted by atomic mass is 15.1. The number of aromatic nitrogens is 2. The van der Waals surface area contributed by atoms with Gasteiger partial charge in [0.15, 0.2) is 0 Å². The van der Waals surface area contributed by atoms with Gasteiger partial charge in [0.2, 0.25) is 0 Å². The second-order valence-electron chi connectivity index (χ2n) is 10.2. The van der Waals surface area contributed by atoms with E-state index in [1.807, 2.05) is 0 Å². The molecule has 0 radical (unpaired) electrons. The molecule has 0 aliphatic rings. The molecule has 0 aromatic carbocycles. The third kappa shape index (κ3) is 15.1. The number of aryl methyl sites for hydroxylation is 2. The lowest BCUT2D eigenvalue weighted by atomic mass is 10.0. The highest BCUT2D eigenvalue weighted by molar-refractivity contribution is 4.84. The molecule has 0 spiro atoms. The third-order valence-electron chi connectivity index (χ3n) is 7.10. The van der Waals surface area contributed by atoms with Crippen molar-refractivity contribution >= 4 is 0 Å². The minimum absolute atomic E-state index is 1.20. The van der Waals surface area contributed by atoms with Crippen LogP contribution >= 0.6 is 0 Å². The number of unbranched alkanes of at least 4 members (excludes halogenated alkanes) is 18. The fraction of sp³-hybridized carbons (Fsp3) is 0.900. The summed E-state index contributed by atoms with van der Waals surface area (Å²) in [4.78, 5) is 0. The quantitative estimate of drug-likeness (QED) is 0.110. The van der Waals surface area contributed by atoms with Crippen LogP contribution in [0.15, 0.2) is 12.4 Å². The molecule has 0 saturated heterocycles. The fourth-order valence-electron chi connectivity index (χ4n) is 4.88. The normalized spacial score (nSPS) is 11.5. The zero-order valence-corrected chi connectivity index (χ0v) is 22.5. The smallest absolute Gasteiger partial charge is 0.234 e. The van der Waals surface area contributed by atoms with Crippen LogP contribution in [0.2, 0.25) is 0 Å². The SMILES string of the molecule is CCCCCCCCCCCCCCCCCc1n(CCCC)cc[n+]1CCCCCC. The van der Waals surface area contributed by atoms with Crippen molar-refractivity contribution in [3.63, 3.8) is 0 Å².